The van der Waals surface area contributed by atoms with E-state index in [1.807, 2.05) is 0 Å². The van der Waals surface area contributed by atoms with E-state index in [0.29, 0.717) is 0 Å². The van der Waals surface area contributed by atoms with Gasteiger partial charge in [-0.2, -0.15) is 0 Å². The Morgan fingerprint density at radius 2 is 2.19 bits per heavy atom. The van der Waals surface area contributed by atoms with Crippen LogP contribution in [0.4, 0.5) is 0 Å². The van der Waals surface area contributed by atoms with E-state index >= 15 is 0 Å². The van der Waals surface area contributed by atoms with E-state index in [2.05, 4.69) is 41.1 Å². The van der Waals surface area contributed by atoms with Gasteiger partial charge < -0.3 is 10.2 Å². The molecule has 1 aromatic heterocycles. The van der Waals surface area contributed by atoms with Crippen LogP contribution in [0.15, 0.2) is 4.99 Å². The molecule has 2 heterocycles. The van der Waals surface area contributed by atoms with Crippen molar-refractivity contribution in [1.29, 1.82) is 0 Å². The molecule has 0 fully saturated rings. The molecule has 0 radical (unpaired) electrons. The van der Waals surface area contributed by atoms with E-state index in [4.69, 9.17) is 0 Å². The van der Waals surface area contributed by atoms with Crippen molar-refractivity contribution in [2.24, 2.45) is 4.99 Å². The Hall–Kier alpha value is -0.370. The first-order valence-electron chi connectivity index (χ1n) is 5.09. The standard InChI is InChI=1S/C10H16N4S.HI/c1-7-8(2)15-9(13-7)6-12-10-11-4-5-14(10)3;/h4-6H2,1-3H3,(H,11,12);1H. The zero-order valence-corrected chi connectivity index (χ0v) is 12.9. The largest absolute Gasteiger partial charge is 0.350 e. The van der Waals surface area contributed by atoms with Gasteiger partial charge in [0.05, 0.1) is 18.8 Å². The number of aromatic nitrogens is 1. The number of thiazole rings is 1. The zero-order chi connectivity index (χ0) is 10.8. The van der Waals surface area contributed by atoms with Crippen LogP contribution in [0.1, 0.15) is 15.6 Å². The number of aliphatic imine (C=N–C) groups is 1. The van der Waals surface area contributed by atoms with Crippen LogP contribution in [0, 0.1) is 13.8 Å². The predicted octanol–water partition coefficient (Wildman–Crippen LogP) is 1.77. The molecule has 2 rings (SSSR count). The summed E-state index contributed by atoms with van der Waals surface area (Å²) in [5, 5.41) is 4.44. The van der Waals surface area contributed by atoms with Crippen LogP contribution in [0.5, 0.6) is 0 Å². The lowest BCUT2D eigenvalue weighted by molar-refractivity contribution is 0.534. The summed E-state index contributed by atoms with van der Waals surface area (Å²) in [4.78, 5) is 12.3. The van der Waals surface area contributed by atoms with Crippen molar-refractivity contribution in [1.82, 2.24) is 15.2 Å². The SMILES string of the molecule is Cc1nc(CNC2=NCCN2C)sc1C.I. The van der Waals surface area contributed by atoms with Crippen molar-refractivity contribution in [3.8, 4) is 0 Å². The van der Waals surface area contributed by atoms with Crippen molar-refractivity contribution in [3.05, 3.63) is 15.6 Å². The van der Waals surface area contributed by atoms with Crippen LogP contribution in [0.3, 0.4) is 0 Å². The number of guanidine groups is 1. The summed E-state index contributed by atoms with van der Waals surface area (Å²) in [6.45, 7) is 6.85. The number of nitrogens with zero attached hydrogens (tertiary/aromatic N) is 3. The minimum absolute atomic E-state index is 0. The molecule has 90 valence electrons. The minimum Gasteiger partial charge on any atom is -0.350 e. The third-order valence-corrected chi connectivity index (χ3v) is 3.60. The van der Waals surface area contributed by atoms with E-state index in [1.165, 1.54) is 4.88 Å². The number of aryl methyl sites for hydroxylation is 2. The van der Waals surface area contributed by atoms with Gasteiger partial charge in [0.25, 0.3) is 0 Å². The normalized spacial score (nSPS) is 14.7. The molecule has 0 saturated heterocycles. The molecule has 0 bridgehead atoms. The van der Waals surface area contributed by atoms with Crippen molar-refractivity contribution >= 4 is 41.3 Å². The van der Waals surface area contributed by atoms with Crippen molar-refractivity contribution in [2.45, 2.75) is 20.4 Å². The quantitative estimate of drug-likeness (QED) is 0.825. The van der Waals surface area contributed by atoms with Crippen LogP contribution < -0.4 is 5.32 Å². The number of likely N-dealkylation sites (N-methyl/N-ethyl adjacent to an activating group) is 1. The topological polar surface area (TPSA) is 40.5 Å². The molecule has 0 amide bonds. The smallest absolute Gasteiger partial charge is 0.194 e. The second-order valence-electron chi connectivity index (χ2n) is 3.73. The second kappa shape index (κ2) is 5.81. The Morgan fingerprint density at radius 1 is 1.44 bits per heavy atom. The molecule has 1 aliphatic rings. The summed E-state index contributed by atoms with van der Waals surface area (Å²) >= 11 is 1.75. The average molecular weight is 352 g/mol. The summed E-state index contributed by atoms with van der Waals surface area (Å²) in [5.74, 6) is 0.987. The zero-order valence-electron chi connectivity index (χ0n) is 9.78. The molecule has 0 aliphatic carbocycles. The molecule has 1 aromatic rings. The van der Waals surface area contributed by atoms with E-state index in [-0.39, 0.29) is 24.0 Å². The number of nitrogens with one attached hydrogen (secondary N) is 1. The van der Waals surface area contributed by atoms with Crippen LogP contribution in [0.25, 0.3) is 0 Å². The maximum absolute atomic E-state index is 4.48. The third kappa shape index (κ3) is 3.07. The molecule has 0 aromatic carbocycles. The van der Waals surface area contributed by atoms with E-state index in [9.17, 15) is 0 Å². The molecule has 4 nitrogen and oxygen atoms in total. The molecule has 0 saturated carbocycles. The highest BCUT2D eigenvalue weighted by Crippen LogP contribution is 2.16. The molecule has 0 unspecified atom stereocenters. The van der Waals surface area contributed by atoms with E-state index in [1.54, 1.807) is 11.3 Å². The lowest BCUT2D eigenvalue weighted by atomic mass is 10.4. The first kappa shape index (κ1) is 13.7. The second-order valence-corrected chi connectivity index (χ2v) is 5.02. The van der Waals surface area contributed by atoms with Gasteiger partial charge in [-0.25, -0.2) is 4.98 Å². The minimum atomic E-state index is 0. The van der Waals surface area contributed by atoms with Gasteiger partial charge in [-0.3, -0.25) is 4.99 Å². The Bertz CT molecular complexity index is 369. The lowest BCUT2D eigenvalue weighted by Crippen LogP contribution is -2.35. The van der Waals surface area contributed by atoms with Gasteiger partial charge in [0.15, 0.2) is 5.96 Å². The van der Waals surface area contributed by atoms with E-state index in [0.717, 1.165) is 36.3 Å². The van der Waals surface area contributed by atoms with Crippen LogP contribution >= 0.6 is 35.3 Å². The van der Waals surface area contributed by atoms with Crippen molar-refractivity contribution < 1.29 is 0 Å². The Labute approximate surface area is 117 Å². The number of halogens is 1. The van der Waals surface area contributed by atoms with Gasteiger partial charge in [0, 0.05) is 18.5 Å². The molecule has 6 heteroatoms. The molecular formula is C10H17IN4S. The van der Waals surface area contributed by atoms with Gasteiger partial charge in [0.2, 0.25) is 0 Å². The fourth-order valence-corrected chi connectivity index (χ4v) is 2.37. The average Bonchev–Trinajstić information content (AvgIpc) is 2.72. The number of hydrogen-bond donors (Lipinski definition) is 1. The highest BCUT2D eigenvalue weighted by atomic mass is 127. The number of rotatable bonds is 2. The summed E-state index contributed by atoms with van der Waals surface area (Å²) in [7, 11) is 2.05. The Kier molecular flexibility index (Phi) is 4.97. The fraction of sp³-hybridized carbons (Fsp3) is 0.600. The van der Waals surface area contributed by atoms with Gasteiger partial charge in [-0.05, 0) is 13.8 Å². The van der Waals surface area contributed by atoms with Gasteiger partial charge in [-0.15, -0.1) is 35.3 Å². The lowest BCUT2D eigenvalue weighted by Gasteiger charge is -2.14. The fourth-order valence-electron chi connectivity index (χ4n) is 1.49. The molecule has 1 N–H and O–H groups in total. The van der Waals surface area contributed by atoms with Gasteiger partial charge in [-0.1, -0.05) is 0 Å². The molecule has 0 atom stereocenters. The first-order chi connectivity index (χ1) is 7.16. The third-order valence-electron chi connectivity index (χ3n) is 2.53. The Morgan fingerprint density at radius 3 is 2.69 bits per heavy atom. The highest BCUT2D eigenvalue weighted by Gasteiger charge is 2.12. The predicted molar refractivity (Wildman–Crippen MR) is 78.8 cm³/mol. The van der Waals surface area contributed by atoms with Gasteiger partial charge >= 0.3 is 0 Å². The van der Waals surface area contributed by atoms with E-state index < -0.39 is 0 Å². The Balaban J connectivity index is 0.00000128. The molecular weight excluding hydrogens is 335 g/mol. The molecule has 0 spiro atoms. The molecule has 16 heavy (non-hydrogen) atoms. The highest BCUT2D eigenvalue weighted by molar-refractivity contribution is 14.0. The van der Waals surface area contributed by atoms with Crippen LogP contribution in [0.2, 0.25) is 0 Å². The maximum Gasteiger partial charge on any atom is 0.194 e. The van der Waals surface area contributed by atoms with Crippen LogP contribution in [-0.4, -0.2) is 36.0 Å². The van der Waals surface area contributed by atoms with Crippen molar-refractivity contribution in [3.63, 3.8) is 0 Å². The van der Waals surface area contributed by atoms with Crippen molar-refractivity contribution in [2.75, 3.05) is 20.1 Å². The van der Waals surface area contributed by atoms with Crippen LogP contribution in [-0.2, 0) is 6.54 Å². The summed E-state index contributed by atoms with van der Waals surface area (Å²) in [6, 6.07) is 0. The first-order valence-corrected chi connectivity index (χ1v) is 5.91. The molecule has 1 aliphatic heterocycles. The summed E-state index contributed by atoms with van der Waals surface area (Å²) in [5.41, 5.74) is 1.14. The number of hydrogen-bond acceptors (Lipinski definition) is 5. The summed E-state index contributed by atoms with van der Waals surface area (Å²) < 4.78 is 0. The summed E-state index contributed by atoms with van der Waals surface area (Å²) in [6.07, 6.45) is 0. The van der Waals surface area contributed by atoms with Gasteiger partial charge in [0.1, 0.15) is 5.01 Å². The monoisotopic (exact) mass is 352 g/mol. The maximum atomic E-state index is 4.48.